The van der Waals surface area contributed by atoms with Crippen LogP contribution in [0.2, 0.25) is 0 Å². The normalized spacial score (nSPS) is 12.7. The molecule has 0 spiro atoms. The monoisotopic (exact) mass is 133 g/mol. The van der Waals surface area contributed by atoms with Gasteiger partial charge < -0.3 is 9.84 Å². The van der Waals surface area contributed by atoms with Crippen molar-refractivity contribution in [1.82, 2.24) is 5.32 Å². The van der Waals surface area contributed by atoms with E-state index in [-0.39, 0.29) is 6.23 Å². The minimum atomic E-state index is -1.05. The first-order valence-electron chi connectivity index (χ1n) is 2.73. The lowest BCUT2D eigenvalue weighted by molar-refractivity contribution is 0.0692. The van der Waals surface area contributed by atoms with Crippen molar-refractivity contribution in [3.63, 3.8) is 0 Å². The van der Waals surface area contributed by atoms with Crippen LogP contribution < -0.4 is 5.32 Å². The zero-order valence-electron chi connectivity index (χ0n) is 5.55. The van der Waals surface area contributed by atoms with Gasteiger partial charge >= 0.3 is 6.09 Å². The van der Waals surface area contributed by atoms with Crippen molar-refractivity contribution >= 4 is 6.09 Å². The third-order valence-electron chi connectivity index (χ3n) is 0.940. The van der Waals surface area contributed by atoms with Crippen LogP contribution in [0.1, 0.15) is 13.3 Å². The number of ether oxygens (including phenoxy) is 1. The van der Waals surface area contributed by atoms with Crippen molar-refractivity contribution < 1.29 is 14.6 Å². The molecule has 9 heavy (non-hydrogen) atoms. The number of amides is 1. The third-order valence-corrected chi connectivity index (χ3v) is 0.940. The predicted octanol–water partition coefficient (Wildman–Crippen LogP) is 0.636. The van der Waals surface area contributed by atoms with Crippen LogP contribution in [0.15, 0.2) is 0 Å². The van der Waals surface area contributed by atoms with E-state index in [4.69, 9.17) is 9.84 Å². The van der Waals surface area contributed by atoms with E-state index in [0.29, 0.717) is 6.42 Å². The molecule has 0 bridgehead atoms. The lowest BCUT2D eigenvalue weighted by Gasteiger charge is -2.11. The maximum atomic E-state index is 9.94. The Balaban J connectivity index is 3.43. The summed E-state index contributed by atoms with van der Waals surface area (Å²) in [6.45, 7) is 1.84. The number of carboxylic acid groups (broad SMARTS) is 1. The Bertz CT molecular complexity index is 90.2. The second kappa shape index (κ2) is 4.14. The van der Waals surface area contributed by atoms with Gasteiger partial charge in [0.15, 0.2) is 0 Å². The average molecular weight is 133 g/mol. The van der Waals surface area contributed by atoms with E-state index >= 15 is 0 Å². The zero-order chi connectivity index (χ0) is 7.28. The van der Waals surface area contributed by atoms with E-state index in [1.165, 1.54) is 7.11 Å². The van der Waals surface area contributed by atoms with Gasteiger partial charge in [0.05, 0.1) is 0 Å². The summed E-state index contributed by atoms with van der Waals surface area (Å²) in [7, 11) is 1.46. The van der Waals surface area contributed by atoms with Gasteiger partial charge in [-0.1, -0.05) is 6.92 Å². The average Bonchev–Trinajstić information content (AvgIpc) is 1.82. The molecule has 54 valence electrons. The van der Waals surface area contributed by atoms with Gasteiger partial charge in [0.1, 0.15) is 6.23 Å². The topological polar surface area (TPSA) is 58.6 Å². The first kappa shape index (κ1) is 8.23. The summed E-state index contributed by atoms with van der Waals surface area (Å²) in [6.07, 6.45) is -0.783. The Morgan fingerprint density at radius 1 is 1.89 bits per heavy atom. The summed E-state index contributed by atoms with van der Waals surface area (Å²) in [6, 6.07) is 0. The summed E-state index contributed by atoms with van der Waals surface area (Å²) >= 11 is 0. The third kappa shape index (κ3) is 3.78. The molecular formula is C5H11NO3. The molecule has 0 saturated heterocycles. The Morgan fingerprint density at radius 3 is 2.56 bits per heavy atom. The smallest absolute Gasteiger partial charge is 0.406 e. The number of hydrogen-bond donors (Lipinski definition) is 2. The lowest BCUT2D eigenvalue weighted by Crippen LogP contribution is -2.34. The summed E-state index contributed by atoms with van der Waals surface area (Å²) < 4.78 is 4.72. The highest BCUT2D eigenvalue weighted by atomic mass is 16.5. The lowest BCUT2D eigenvalue weighted by atomic mass is 10.4. The molecule has 0 heterocycles. The highest BCUT2D eigenvalue weighted by Gasteiger charge is 2.04. The van der Waals surface area contributed by atoms with Crippen molar-refractivity contribution in [2.75, 3.05) is 7.11 Å². The van der Waals surface area contributed by atoms with Crippen LogP contribution in [0.3, 0.4) is 0 Å². The summed E-state index contributed by atoms with van der Waals surface area (Å²) in [5, 5.41) is 10.3. The first-order chi connectivity index (χ1) is 4.20. The van der Waals surface area contributed by atoms with Crippen LogP contribution in [0, 0.1) is 0 Å². The van der Waals surface area contributed by atoms with Crippen LogP contribution in [0.25, 0.3) is 0 Å². The largest absolute Gasteiger partial charge is 0.465 e. The molecule has 0 fully saturated rings. The Labute approximate surface area is 53.8 Å². The minimum absolute atomic E-state index is 0.373. The second-order valence-corrected chi connectivity index (χ2v) is 1.58. The van der Waals surface area contributed by atoms with E-state index in [1.54, 1.807) is 0 Å². The van der Waals surface area contributed by atoms with E-state index in [1.807, 2.05) is 6.92 Å². The molecular weight excluding hydrogens is 122 g/mol. The molecule has 4 heteroatoms. The van der Waals surface area contributed by atoms with Crippen LogP contribution in [-0.2, 0) is 4.74 Å². The van der Waals surface area contributed by atoms with E-state index in [2.05, 4.69) is 5.32 Å². The fraction of sp³-hybridized carbons (Fsp3) is 0.800. The van der Waals surface area contributed by atoms with Crippen molar-refractivity contribution in [3.05, 3.63) is 0 Å². The van der Waals surface area contributed by atoms with Crippen LogP contribution in [0.5, 0.6) is 0 Å². The van der Waals surface area contributed by atoms with Gasteiger partial charge in [0, 0.05) is 7.11 Å². The van der Waals surface area contributed by atoms with Crippen molar-refractivity contribution in [2.24, 2.45) is 0 Å². The van der Waals surface area contributed by atoms with Crippen molar-refractivity contribution in [1.29, 1.82) is 0 Å². The Hall–Kier alpha value is -0.770. The fourth-order valence-electron chi connectivity index (χ4n) is 0.465. The molecule has 1 amide bonds. The SMILES string of the molecule is CCC(NC(=O)O)OC. The van der Waals surface area contributed by atoms with E-state index < -0.39 is 6.09 Å². The zero-order valence-corrected chi connectivity index (χ0v) is 5.55. The Morgan fingerprint density at radius 2 is 2.44 bits per heavy atom. The molecule has 0 aliphatic heterocycles. The van der Waals surface area contributed by atoms with Crippen molar-refractivity contribution in [3.8, 4) is 0 Å². The molecule has 0 radical (unpaired) electrons. The van der Waals surface area contributed by atoms with E-state index in [9.17, 15) is 4.79 Å². The molecule has 0 aromatic heterocycles. The molecule has 2 N–H and O–H groups in total. The maximum absolute atomic E-state index is 9.94. The van der Waals surface area contributed by atoms with E-state index in [0.717, 1.165) is 0 Å². The molecule has 0 aromatic rings. The maximum Gasteiger partial charge on any atom is 0.406 e. The number of rotatable bonds is 3. The van der Waals surface area contributed by atoms with Gasteiger partial charge in [-0.2, -0.15) is 0 Å². The summed E-state index contributed by atoms with van der Waals surface area (Å²) in [5.74, 6) is 0. The van der Waals surface area contributed by atoms with Gasteiger partial charge in [-0.05, 0) is 6.42 Å². The van der Waals surface area contributed by atoms with Gasteiger partial charge in [-0.25, -0.2) is 4.79 Å². The fourth-order valence-corrected chi connectivity index (χ4v) is 0.465. The number of methoxy groups -OCH3 is 1. The number of carbonyl (C=O) groups is 1. The highest BCUT2D eigenvalue weighted by Crippen LogP contribution is 1.88. The van der Waals surface area contributed by atoms with Crippen LogP contribution >= 0.6 is 0 Å². The quantitative estimate of drug-likeness (QED) is 0.555. The molecule has 0 aliphatic rings. The predicted molar refractivity (Wildman–Crippen MR) is 32.2 cm³/mol. The molecule has 1 atom stereocenters. The first-order valence-corrected chi connectivity index (χ1v) is 2.73. The number of hydrogen-bond acceptors (Lipinski definition) is 2. The molecule has 0 aliphatic carbocycles. The van der Waals surface area contributed by atoms with Gasteiger partial charge in [-0.15, -0.1) is 0 Å². The molecule has 1 unspecified atom stereocenters. The molecule has 4 nitrogen and oxygen atoms in total. The van der Waals surface area contributed by atoms with Crippen LogP contribution in [0.4, 0.5) is 4.79 Å². The molecule has 0 rings (SSSR count). The molecule has 0 saturated carbocycles. The minimum Gasteiger partial charge on any atom is -0.465 e. The van der Waals surface area contributed by atoms with Gasteiger partial charge in [-0.3, -0.25) is 5.32 Å². The Kier molecular flexibility index (Phi) is 3.79. The van der Waals surface area contributed by atoms with Gasteiger partial charge in [0.2, 0.25) is 0 Å². The van der Waals surface area contributed by atoms with Crippen molar-refractivity contribution in [2.45, 2.75) is 19.6 Å². The summed E-state index contributed by atoms with van der Waals surface area (Å²) in [5.41, 5.74) is 0. The highest BCUT2D eigenvalue weighted by molar-refractivity contribution is 5.64. The second-order valence-electron chi connectivity index (χ2n) is 1.58. The molecule has 0 aromatic carbocycles. The van der Waals surface area contributed by atoms with Gasteiger partial charge in [0.25, 0.3) is 0 Å². The standard InChI is InChI=1S/C5H11NO3/c1-3-4(9-2)6-5(7)8/h4,6H,3H2,1-2H3,(H,7,8). The van der Waals surface area contributed by atoms with Crippen LogP contribution in [-0.4, -0.2) is 24.5 Å². The number of nitrogens with one attached hydrogen (secondary N) is 1. The summed E-state index contributed by atoms with van der Waals surface area (Å²) in [4.78, 5) is 9.94.